The van der Waals surface area contributed by atoms with Crippen LogP contribution in [0.25, 0.3) is 0 Å². The number of rotatable bonds is 1. The third-order valence-corrected chi connectivity index (χ3v) is 4.63. The Hall–Kier alpha value is -0.120. The second-order valence-electron chi connectivity index (χ2n) is 5.29. The summed E-state index contributed by atoms with van der Waals surface area (Å²) in [5.41, 5.74) is 0.355. The van der Waals surface area contributed by atoms with Crippen LogP contribution in [-0.4, -0.2) is 30.3 Å². The molecule has 0 radical (unpaired) electrons. The maximum Gasteiger partial charge on any atom is 0.0749 e. The third-order valence-electron chi connectivity index (χ3n) is 4.63. The Morgan fingerprint density at radius 3 is 2.54 bits per heavy atom. The van der Waals surface area contributed by atoms with E-state index >= 15 is 0 Å². The molecule has 5 unspecified atom stereocenters. The summed E-state index contributed by atoms with van der Waals surface area (Å²) in [6.07, 6.45) is 5.63. The Balaban J connectivity index is 1.59. The van der Waals surface area contributed by atoms with E-state index in [0.29, 0.717) is 5.66 Å². The molecule has 4 bridgehead atoms. The number of fused-ring (bicyclic) bond motifs is 3. The van der Waals surface area contributed by atoms with Crippen LogP contribution in [0.4, 0.5) is 0 Å². The van der Waals surface area contributed by atoms with Crippen molar-refractivity contribution in [3.63, 3.8) is 0 Å². The van der Waals surface area contributed by atoms with Gasteiger partial charge in [-0.25, -0.2) is 0 Å². The molecule has 5 heterocycles. The molecular formula is C10H17N3. The summed E-state index contributed by atoms with van der Waals surface area (Å²) in [4.78, 5) is 0. The largest absolute Gasteiger partial charge is 0.311 e. The molecule has 0 aromatic carbocycles. The molecule has 6 aliphatic rings. The first-order chi connectivity index (χ1) is 6.36. The summed E-state index contributed by atoms with van der Waals surface area (Å²) in [6.45, 7) is 1.20. The van der Waals surface area contributed by atoms with E-state index in [0.717, 1.165) is 24.0 Å². The molecule has 1 aliphatic carbocycles. The van der Waals surface area contributed by atoms with Gasteiger partial charge in [-0.3, -0.25) is 10.6 Å². The Morgan fingerprint density at radius 2 is 2.00 bits per heavy atom. The fourth-order valence-electron chi connectivity index (χ4n) is 3.91. The zero-order valence-electron chi connectivity index (χ0n) is 7.84. The van der Waals surface area contributed by atoms with Crippen LogP contribution < -0.4 is 16.0 Å². The van der Waals surface area contributed by atoms with Gasteiger partial charge in [-0.05, 0) is 25.7 Å². The van der Waals surface area contributed by atoms with Crippen LogP contribution in [0.3, 0.4) is 0 Å². The minimum absolute atomic E-state index is 0.355. The summed E-state index contributed by atoms with van der Waals surface area (Å²) < 4.78 is 0. The predicted molar refractivity (Wildman–Crippen MR) is 50.3 cm³/mol. The van der Waals surface area contributed by atoms with Crippen molar-refractivity contribution in [1.29, 1.82) is 0 Å². The van der Waals surface area contributed by atoms with Crippen molar-refractivity contribution < 1.29 is 0 Å². The van der Waals surface area contributed by atoms with Crippen molar-refractivity contribution >= 4 is 0 Å². The second kappa shape index (κ2) is 2.10. The Morgan fingerprint density at radius 1 is 1.15 bits per heavy atom. The molecule has 3 nitrogen and oxygen atoms in total. The quantitative estimate of drug-likeness (QED) is 0.521. The van der Waals surface area contributed by atoms with Crippen LogP contribution in [0.1, 0.15) is 25.7 Å². The Bertz CT molecular complexity index is 232. The van der Waals surface area contributed by atoms with E-state index in [4.69, 9.17) is 0 Å². The molecule has 5 atom stereocenters. The standard InChI is InChI=1S/C10H17N3/c1-2-8(9-3-6(1)12-9)10-4-7(13-10)5-11-10/h6-9,11-13H,1-5H2. The normalized spacial score (nSPS) is 62.8. The van der Waals surface area contributed by atoms with Crippen LogP contribution in [0.2, 0.25) is 0 Å². The molecule has 3 N–H and O–H groups in total. The van der Waals surface area contributed by atoms with E-state index in [2.05, 4.69) is 16.0 Å². The highest BCUT2D eigenvalue weighted by atomic mass is 15.4. The molecule has 1 saturated carbocycles. The number of nitrogens with one attached hydrogen (secondary N) is 3. The first kappa shape index (κ1) is 7.21. The van der Waals surface area contributed by atoms with Gasteiger partial charge in [0.2, 0.25) is 0 Å². The maximum absolute atomic E-state index is 3.70. The van der Waals surface area contributed by atoms with Crippen LogP contribution >= 0.6 is 0 Å². The van der Waals surface area contributed by atoms with Gasteiger partial charge in [-0.2, -0.15) is 0 Å². The van der Waals surface area contributed by atoms with Crippen LogP contribution in [0, 0.1) is 5.92 Å². The molecule has 6 rings (SSSR count). The molecule has 6 fully saturated rings. The van der Waals surface area contributed by atoms with Crippen molar-refractivity contribution in [3.8, 4) is 0 Å². The van der Waals surface area contributed by atoms with Gasteiger partial charge < -0.3 is 5.32 Å². The molecule has 0 spiro atoms. The smallest absolute Gasteiger partial charge is 0.0749 e. The topological polar surface area (TPSA) is 36.1 Å². The summed E-state index contributed by atoms with van der Waals surface area (Å²) >= 11 is 0. The highest BCUT2D eigenvalue weighted by Crippen LogP contribution is 2.45. The van der Waals surface area contributed by atoms with Gasteiger partial charge in [-0.15, -0.1) is 0 Å². The zero-order valence-corrected chi connectivity index (χ0v) is 7.84. The first-order valence-electron chi connectivity index (χ1n) is 5.64. The number of hydrogen-bond acceptors (Lipinski definition) is 3. The average molecular weight is 179 g/mol. The first-order valence-corrected chi connectivity index (χ1v) is 5.64. The van der Waals surface area contributed by atoms with E-state index in [1.165, 1.54) is 32.2 Å². The highest BCUT2D eigenvalue weighted by Gasteiger charge is 2.58. The second-order valence-corrected chi connectivity index (χ2v) is 5.29. The zero-order chi connectivity index (χ0) is 8.47. The van der Waals surface area contributed by atoms with Gasteiger partial charge in [0, 0.05) is 30.6 Å². The van der Waals surface area contributed by atoms with Gasteiger partial charge >= 0.3 is 0 Å². The molecule has 0 amide bonds. The number of hydrogen-bond donors (Lipinski definition) is 3. The molecule has 72 valence electrons. The van der Waals surface area contributed by atoms with Crippen molar-refractivity contribution in [2.45, 2.75) is 49.5 Å². The summed E-state index contributed by atoms with van der Waals surface area (Å²) in [6, 6.07) is 2.48. The molecule has 0 aromatic rings. The van der Waals surface area contributed by atoms with Crippen LogP contribution in [0.5, 0.6) is 0 Å². The molecule has 3 heteroatoms. The van der Waals surface area contributed by atoms with E-state index in [9.17, 15) is 0 Å². The highest BCUT2D eigenvalue weighted by molar-refractivity contribution is 5.17. The van der Waals surface area contributed by atoms with Crippen molar-refractivity contribution in [2.75, 3.05) is 6.54 Å². The van der Waals surface area contributed by atoms with Crippen molar-refractivity contribution in [3.05, 3.63) is 0 Å². The lowest BCUT2D eigenvalue weighted by molar-refractivity contribution is 0.00478. The average Bonchev–Trinajstić information content (AvgIpc) is 2.59. The van der Waals surface area contributed by atoms with E-state index in [1.54, 1.807) is 0 Å². The van der Waals surface area contributed by atoms with Crippen LogP contribution in [-0.2, 0) is 0 Å². The molecular weight excluding hydrogens is 162 g/mol. The van der Waals surface area contributed by atoms with Crippen LogP contribution in [0.15, 0.2) is 0 Å². The Kier molecular flexibility index (Phi) is 1.16. The lowest BCUT2D eigenvalue weighted by Gasteiger charge is -2.57. The fourth-order valence-corrected chi connectivity index (χ4v) is 3.91. The van der Waals surface area contributed by atoms with E-state index in [-0.39, 0.29) is 0 Å². The molecule has 5 aliphatic heterocycles. The lowest BCUT2D eigenvalue weighted by Crippen LogP contribution is -2.73. The maximum atomic E-state index is 3.70. The number of piperidine rings is 1. The fraction of sp³-hybridized carbons (Fsp3) is 1.00. The lowest BCUT2D eigenvalue weighted by atomic mass is 9.66. The van der Waals surface area contributed by atoms with E-state index in [1.807, 2.05) is 0 Å². The minimum atomic E-state index is 0.355. The Labute approximate surface area is 78.6 Å². The molecule has 0 aromatic heterocycles. The predicted octanol–water partition coefficient (Wildman–Crippen LogP) is -0.212. The van der Waals surface area contributed by atoms with Gasteiger partial charge in [0.25, 0.3) is 0 Å². The minimum Gasteiger partial charge on any atom is -0.311 e. The summed E-state index contributed by atoms with van der Waals surface area (Å²) in [5.74, 6) is 0.858. The third kappa shape index (κ3) is 0.767. The van der Waals surface area contributed by atoms with E-state index < -0.39 is 0 Å². The SMILES string of the molecule is C1CC(C23CC(CN2)N3)C2CC1N2. The van der Waals surface area contributed by atoms with Gasteiger partial charge in [0.05, 0.1) is 5.66 Å². The molecule has 5 saturated heterocycles. The van der Waals surface area contributed by atoms with Crippen molar-refractivity contribution in [1.82, 2.24) is 16.0 Å². The summed E-state index contributed by atoms with van der Waals surface area (Å²) in [7, 11) is 0. The molecule has 13 heavy (non-hydrogen) atoms. The van der Waals surface area contributed by atoms with Gasteiger partial charge in [-0.1, -0.05) is 0 Å². The van der Waals surface area contributed by atoms with Crippen molar-refractivity contribution in [2.24, 2.45) is 5.92 Å². The van der Waals surface area contributed by atoms with Gasteiger partial charge in [0.15, 0.2) is 0 Å². The van der Waals surface area contributed by atoms with Gasteiger partial charge in [0.1, 0.15) is 0 Å². The summed E-state index contributed by atoms with van der Waals surface area (Å²) in [5, 5.41) is 11.1. The monoisotopic (exact) mass is 179 g/mol.